The number of hydrogen-bond acceptors (Lipinski definition) is 3. The minimum atomic E-state index is 0.00478. The van der Waals surface area contributed by atoms with Crippen molar-refractivity contribution in [3.8, 4) is 33.8 Å². The minimum Gasteiger partial charge on any atom is -0.456 e. The summed E-state index contributed by atoms with van der Waals surface area (Å²) in [5.41, 5.74) is 10.7. The molecule has 1 aliphatic heterocycles. The first kappa shape index (κ1) is 24.9. The molecule has 1 aromatic heterocycles. The lowest BCUT2D eigenvalue weighted by molar-refractivity contribution is 0.486. The number of anilines is 3. The summed E-state index contributed by atoms with van der Waals surface area (Å²) in [5.74, 6) is 1.61. The van der Waals surface area contributed by atoms with Crippen LogP contribution in [0.2, 0.25) is 0 Å². The smallest absolute Gasteiger partial charge is 0.258 e. The lowest BCUT2D eigenvalue weighted by Crippen LogP contribution is -2.18. The summed E-state index contributed by atoms with van der Waals surface area (Å²) in [6.45, 7) is 6.30. The summed E-state index contributed by atoms with van der Waals surface area (Å²) in [4.78, 5) is 15.4. The summed E-state index contributed by atoms with van der Waals surface area (Å²) < 4.78 is 8.35. The normalized spacial score (nSPS) is 12.1. The average molecular weight is 535 g/mol. The first-order chi connectivity index (χ1) is 19.9. The Morgan fingerprint density at radius 2 is 1.15 bits per heavy atom. The molecule has 200 valence electrons. The Hall–Kier alpha value is -5.09. The largest absolute Gasteiger partial charge is 0.456 e. The maximum Gasteiger partial charge on any atom is 0.258 e. The molecule has 0 bridgehead atoms. The molecule has 0 N–H and O–H groups in total. The van der Waals surface area contributed by atoms with E-state index in [1.165, 1.54) is 0 Å². The standard InChI is InChI=1S/C37H30N2O2/c1-23-13-17-33-31(19-23)27-9-5-7-11-35(27)41-36-12-8-6-10-28(36)32-20-24(2)14-18-34(32)39(33)26-15-16-29-30(21-26)25(3)22-38(4)37(29)40/h5-22H,1-4H3. The van der Waals surface area contributed by atoms with Crippen molar-refractivity contribution >= 4 is 27.8 Å². The van der Waals surface area contributed by atoms with E-state index in [1.54, 1.807) is 4.57 Å². The molecule has 1 aliphatic rings. The van der Waals surface area contributed by atoms with Crippen molar-refractivity contribution in [3.05, 3.63) is 136 Å². The van der Waals surface area contributed by atoms with Crippen molar-refractivity contribution in [2.24, 2.45) is 7.05 Å². The van der Waals surface area contributed by atoms with E-state index in [1.807, 2.05) is 43.6 Å². The van der Waals surface area contributed by atoms with Gasteiger partial charge in [-0.3, -0.25) is 4.79 Å². The highest BCUT2D eigenvalue weighted by Crippen LogP contribution is 2.50. The Morgan fingerprint density at radius 1 is 0.585 bits per heavy atom. The fraction of sp³-hybridized carbons (Fsp3) is 0.108. The molecular weight excluding hydrogens is 504 g/mol. The number of ether oxygens (including phenoxy) is 1. The van der Waals surface area contributed by atoms with Crippen LogP contribution in [0.25, 0.3) is 33.0 Å². The van der Waals surface area contributed by atoms with Gasteiger partial charge in [-0.05, 0) is 86.3 Å². The van der Waals surface area contributed by atoms with Crippen LogP contribution in [0, 0.1) is 20.8 Å². The first-order valence-corrected chi connectivity index (χ1v) is 13.9. The second-order valence-corrected chi connectivity index (χ2v) is 10.9. The molecule has 0 saturated carbocycles. The van der Waals surface area contributed by atoms with Gasteiger partial charge >= 0.3 is 0 Å². The Morgan fingerprint density at radius 3 is 1.73 bits per heavy atom. The number of aryl methyl sites for hydroxylation is 4. The molecule has 41 heavy (non-hydrogen) atoms. The van der Waals surface area contributed by atoms with Crippen molar-refractivity contribution in [2.75, 3.05) is 4.90 Å². The zero-order valence-corrected chi connectivity index (χ0v) is 23.6. The molecule has 0 radical (unpaired) electrons. The molecule has 0 fully saturated rings. The first-order valence-electron chi connectivity index (χ1n) is 13.9. The number of nitrogens with zero attached hydrogens (tertiary/aromatic N) is 2. The quantitative estimate of drug-likeness (QED) is 0.210. The number of benzene rings is 5. The molecule has 0 unspecified atom stereocenters. The lowest BCUT2D eigenvalue weighted by atomic mass is 9.94. The molecule has 4 nitrogen and oxygen atoms in total. The van der Waals surface area contributed by atoms with Crippen molar-refractivity contribution < 1.29 is 4.74 Å². The van der Waals surface area contributed by atoms with E-state index in [4.69, 9.17) is 4.74 Å². The molecule has 0 atom stereocenters. The highest BCUT2D eigenvalue weighted by Gasteiger charge is 2.25. The molecule has 0 spiro atoms. The van der Waals surface area contributed by atoms with E-state index in [2.05, 4.69) is 98.5 Å². The van der Waals surface area contributed by atoms with E-state index >= 15 is 0 Å². The van der Waals surface area contributed by atoms with E-state index in [0.717, 1.165) is 78.3 Å². The number of aromatic nitrogens is 1. The SMILES string of the molecule is Cc1ccc2c(c1)-c1ccccc1Oc1ccccc1-c1cc(C)ccc1N2c1ccc2c(=O)n(C)cc(C)c2c1. The molecule has 0 aliphatic carbocycles. The maximum absolute atomic E-state index is 13.0. The highest BCUT2D eigenvalue weighted by molar-refractivity contribution is 5.98. The van der Waals surface area contributed by atoms with Crippen molar-refractivity contribution in [2.45, 2.75) is 20.8 Å². The van der Waals surface area contributed by atoms with Crippen molar-refractivity contribution in [1.29, 1.82) is 0 Å². The van der Waals surface area contributed by atoms with Crippen LogP contribution in [0.3, 0.4) is 0 Å². The molecule has 7 rings (SSSR count). The van der Waals surface area contributed by atoms with Gasteiger partial charge in [0.25, 0.3) is 5.56 Å². The van der Waals surface area contributed by atoms with Gasteiger partial charge in [0.2, 0.25) is 0 Å². The van der Waals surface area contributed by atoms with Crippen LogP contribution in [0.5, 0.6) is 11.5 Å². The van der Waals surface area contributed by atoms with E-state index in [-0.39, 0.29) is 5.56 Å². The van der Waals surface area contributed by atoms with Gasteiger partial charge in [-0.15, -0.1) is 0 Å². The van der Waals surface area contributed by atoms with Crippen LogP contribution in [0.15, 0.2) is 114 Å². The monoisotopic (exact) mass is 534 g/mol. The number of fused-ring (bicyclic) bond motifs is 7. The number of para-hydroxylation sites is 2. The van der Waals surface area contributed by atoms with Gasteiger partial charge in [0, 0.05) is 46.6 Å². The minimum absolute atomic E-state index is 0.00478. The number of pyridine rings is 1. The van der Waals surface area contributed by atoms with Crippen LogP contribution in [0.4, 0.5) is 17.1 Å². The second kappa shape index (κ2) is 9.53. The van der Waals surface area contributed by atoms with E-state index in [0.29, 0.717) is 0 Å². The van der Waals surface area contributed by atoms with Gasteiger partial charge in [-0.1, -0.05) is 59.7 Å². The van der Waals surface area contributed by atoms with Gasteiger partial charge in [0.05, 0.1) is 11.4 Å². The van der Waals surface area contributed by atoms with Gasteiger partial charge in [0.1, 0.15) is 11.5 Å². The van der Waals surface area contributed by atoms with E-state index in [9.17, 15) is 4.79 Å². The summed E-state index contributed by atoms with van der Waals surface area (Å²) in [6.07, 6.45) is 1.91. The average Bonchev–Trinajstić information content (AvgIpc) is 2.98. The zero-order chi connectivity index (χ0) is 28.2. The summed E-state index contributed by atoms with van der Waals surface area (Å²) in [7, 11) is 1.81. The fourth-order valence-electron chi connectivity index (χ4n) is 6.00. The Labute approximate surface area is 239 Å². The molecule has 0 saturated heterocycles. The van der Waals surface area contributed by atoms with Crippen LogP contribution < -0.4 is 15.2 Å². The number of hydrogen-bond donors (Lipinski definition) is 0. The molecule has 4 heteroatoms. The third-order valence-corrected chi connectivity index (χ3v) is 7.98. The third kappa shape index (κ3) is 4.11. The maximum atomic E-state index is 13.0. The van der Waals surface area contributed by atoms with Crippen LogP contribution >= 0.6 is 0 Å². The van der Waals surface area contributed by atoms with Gasteiger partial charge in [0.15, 0.2) is 0 Å². The molecule has 5 aromatic carbocycles. The van der Waals surface area contributed by atoms with Gasteiger partial charge < -0.3 is 14.2 Å². The van der Waals surface area contributed by atoms with Crippen LogP contribution in [0.1, 0.15) is 16.7 Å². The Kier molecular flexibility index (Phi) is 5.79. The predicted octanol–water partition coefficient (Wildman–Crippen LogP) is 9.37. The van der Waals surface area contributed by atoms with Gasteiger partial charge in [-0.2, -0.15) is 0 Å². The van der Waals surface area contributed by atoms with E-state index < -0.39 is 0 Å². The predicted molar refractivity (Wildman–Crippen MR) is 169 cm³/mol. The van der Waals surface area contributed by atoms with Gasteiger partial charge in [-0.25, -0.2) is 0 Å². The van der Waals surface area contributed by atoms with Crippen molar-refractivity contribution in [3.63, 3.8) is 0 Å². The fourth-order valence-corrected chi connectivity index (χ4v) is 6.00. The summed E-state index contributed by atoms with van der Waals surface area (Å²) in [6, 6.07) is 35.8. The lowest BCUT2D eigenvalue weighted by Gasteiger charge is -2.32. The molecule has 2 heterocycles. The molecule has 6 aromatic rings. The Bertz CT molecular complexity index is 1960. The van der Waals surface area contributed by atoms with Crippen LogP contribution in [-0.4, -0.2) is 4.57 Å². The summed E-state index contributed by atoms with van der Waals surface area (Å²) >= 11 is 0. The molecular formula is C37H30N2O2. The highest BCUT2D eigenvalue weighted by atomic mass is 16.5. The zero-order valence-electron chi connectivity index (χ0n) is 23.6. The molecule has 0 amide bonds. The van der Waals surface area contributed by atoms with Crippen molar-refractivity contribution in [1.82, 2.24) is 4.57 Å². The topological polar surface area (TPSA) is 34.5 Å². The van der Waals surface area contributed by atoms with Crippen LogP contribution in [-0.2, 0) is 7.05 Å². The summed E-state index contributed by atoms with van der Waals surface area (Å²) in [5, 5.41) is 1.67. The second-order valence-electron chi connectivity index (χ2n) is 10.9. The Balaban J connectivity index is 1.63. The number of rotatable bonds is 1. The third-order valence-electron chi connectivity index (χ3n) is 7.98.